The van der Waals surface area contributed by atoms with Crippen molar-refractivity contribution < 1.29 is 4.79 Å². The van der Waals surface area contributed by atoms with Gasteiger partial charge in [0.15, 0.2) is 0 Å². The minimum atomic E-state index is -0.145. The van der Waals surface area contributed by atoms with Crippen molar-refractivity contribution in [3.63, 3.8) is 0 Å². The molecule has 0 saturated heterocycles. The summed E-state index contributed by atoms with van der Waals surface area (Å²) in [6.07, 6.45) is 5.32. The zero-order chi connectivity index (χ0) is 21.5. The van der Waals surface area contributed by atoms with Gasteiger partial charge in [-0.15, -0.1) is 16.4 Å². The van der Waals surface area contributed by atoms with Gasteiger partial charge in [-0.05, 0) is 63.5 Å². The van der Waals surface area contributed by atoms with E-state index in [-0.39, 0.29) is 11.9 Å². The Labute approximate surface area is 185 Å². The number of nitrogens with one attached hydrogen (secondary N) is 1. The number of unbranched alkanes of at least 4 members (excludes halogenated alkanes) is 1. The molecule has 6 nitrogen and oxygen atoms in total. The van der Waals surface area contributed by atoms with Crippen molar-refractivity contribution in [1.29, 1.82) is 0 Å². The third-order valence-electron chi connectivity index (χ3n) is 5.18. The van der Waals surface area contributed by atoms with Crippen LogP contribution in [0.2, 0.25) is 0 Å². The van der Waals surface area contributed by atoms with E-state index in [9.17, 15) is 4.79 Å². The van der Waals surface area contributed by atoms with E-state index >= 15 is 0 Å². The standard InChI is InChI=1S/C24H25N5OS/c1-2-3-5-18-7-11-20(12-8-18)24(22-6-4-15-31-22)26-23(30)16-19-9-13-21(14-10-19)29-17-25-27-28-29/h4,6-15,17,24H,2-3,5,16H2,1H3,(H,26,30). The Balaban J connectivity index is 1.45. The van der Waals surface area contributed by atoms with E-state index in [1.165, 1.54) is 18.4 Å². The monoisotopic (exact) mass is 431 g/mol. The van der Waals surface area contributed by atoms with Crippen LogP contribution in [-0.2, 0) is 17.6 Å². The molecular formula is C24H25N5OS. The number of hydrogen-bond donors (Lipinski definition) is 1. The maximum Gasteiger partial charge on any atom is 0.225 e. The number of aryl methyl sites for hydroxylation is 1. The van der Waals surface area contributed by atoms with E-state index in [1.54, 1.807) is 22.3 Å². The summed E-state index contributed by atoms with van der Waals surface area (Å²) in [7, 11) is 0. The van der Waals surface area contributed by atoms with E-state index in [0.717, 1.165) is 28.1 Å². The molecule has 4 rings (SSSR count). The Morgan fingerprint density at radius 3 is 2.48 bits per heavy atom. The molecule has 0 aliphatic heterocycles. The number of tetrazole rings is 1. The zero-order valence-electron chi connectivity index (χ0n) is 17.4. The molecule has 1 N–H and O–H groups in total. The normalized spacial score (nSPS) is 11.9. The van der Waals surface area contributed by atoms with Crippen molar-refractivity contribution in [1.82, 2.24) is 25.5 Å². The molecule has 0 bridgehead atoms. The summed E-state index contributed by atoms with van der Waals surface area (Å²) in [5.74, 6) is -0.0105. The van der Waals surface area contributed by atoms with Crippen LogP contribution >= 0.6 is 11.3 Å². The number of rotatable bonds is 9. The van der Waals surface area contributed by atoms with Crippen LogP contribution in [0.4, 0.5) is 0 Å². The molecule has 7 heteroatoms. The number of hydrogen-bond acceptors (Lipinski definition) is 5. The molecule has 31 heavy (non-hydrogen) atoms. The van der Waals surface area contributed by atoms with Gasteiger partial charge < -0.3 is 5.32 Å². The largest absolute Gasteiger partial charge is 0.344 e. The minimum Gasteiger partial charge on any atom is -0.344 e. The maximum absolute atomic E-state index is 12.9. The van der Waals surface area contributed by atoms with Gasteiger partial charge >= 0.3 is 0 Å². The number of amides is 1. The number of aromatic nitrogens is 4. The number of thiophene rings is 1. The fourth-order valence-corrected chi connectivity index (χ4v) is 4.28. The van der Waals surface area contributed by atoms with E-state index in [4.69, 9.17) is 0 Å². The molecule has 0 aliphatic carbocycles. The molecule has 0 saturated carbocycles. The van der Waals surface area contributed by atoms with E-state index in [1.807, 2.05) is 35.7 Å². The summed E-state index contributed by atoms with van der Waals surface area (Å²) in [5.41, 5.74) is 4.23. The lowest BCUT2D eigenvalue weighted by Gasteiger charge is -2.19. The van der Waals surface area contributed by atoms with Crippen LogP contribution in [0.3, 0.4) is 0 Å². The molecule has 0 spiro atoms. The highest BCUT2D eigenvalue weighted by Gasteiger charge is 2.18. The molecule has 2 aromatic carbocycles. The molecule has 1 atom stereocenters. The van der Waals surface area contributed by atoms with Crippen LogP contribution in [0.15, 0.2) is 72.4 Å². The van der Waals surface area contributed by atoms with Crippen LogP contribution in [0.5, 0.6) is 0 Å². The first-order valence-corrected chi connectivity index (χ1v) is 11.3. The van der Waals surface area contributed by atoms with Crippen LogP contribution in [-0.4, -0.2) is 26.1 Å². The zero-order valence-corrected chi connectivity index (χ0v) is 18.3. The highest BCUT2D eigenvalue weighted by molar-refractivity contribution is 7.10. The Hall–Kier alpha value is -3.32. The van der Waals surface area contributed by atoms with Gasteiger partial charge in [-0.2, -0.15) is 0 Å². The quantitative estimate of drug-likeness (QED) is 0.423. The first-order chi connectivity index (χ1) is 15.2. The van der Waals surface area contributed by atoms with Gasteiger partial charge in [0.25, 0.3) is 0 Å². The summed E-state index contributed by atoms with van der Waals surface area (Å²) < 4.78 is 1.58. The van der Waals surface area contributed by atoms with Gasteiger partial charge in [-0.3, -0.25) is 4.79 Å². The highest BCUT2D eigenvalue weighted by atomic mass is 32.1. The van der Waals surface area contributed by atoms with Crippen molar-refractivity contribution >= 4 is 17.2 Å². The molecule has 1 unspecified atom stereocenters. The Morgan fingerprint density at radius 1 is 1.06 bits per heavy atom. The van der Waals surface area contributed by atoms with Crippen LogP contribution in [0, 0.1) is 0 Å². The van der Waals surface area contributed by atoms with Gasteiger partial charge in [0.05, 0.1) is 18.2 Å². The van der Waals surface area contributed by atoms with Gasteiger partial charge in [-0.25, -0.2) is 4.68 Å². The second-order valence-corrected chi connectivity index (χ2v) is 8.44. The lowest BCUT2D eigenvalue weighted by Crippen LogP contribution is -2.30. The summed E-state index contributed by atoms with van der Waals surface area (Å²) in [6.45, 7) is 2.20. The summed E-state index contributed by atoms with van der Waals surface area (Å²) in [6, 6.07) is 20.2. The SMILES string of the molecule is CCCCc1ccc(C(NC(=O)Cc2ccc(-n3cnnn3)cc2)c2cccs2)cc1. The minimum absolute atomic E-state index is 0.0105. The lowest BCUT2D eigenvalue weighted by atomic mass is 10.0. The molecule has 2 heterocycles. The fourth-order valence-electron chi connectivity index (χ4n) is 3.48. The maximum atomic E-state index is 12.9. The fraction of sp³-hybridized carbons (Fsp3) is 0.250. The smallest absolute Gasteiger partial charge is 0.225 e. The third-order valence-corrected chi connectivity index (χ3v) is 6.12. The van der Waals surface area contributed by atoms with Crippen molar-refractivity contribution in [3.8, 4) is 5.69 Å². The molecule has 0 radical (unpaired) electrons. The van der Waals surface area contributed by atoms with Gasteiger partial charge in [0, 0.05) is 4.88 Å². The van der Waals surface area contributed by atoms with Gasteiger partial charge in [0.1, 0.15) is 6.33 Å². The summed E-state index contributed by atoms with van der Waals surface area (Å²) >= 11 is 1.66. The average molecular weight is 432 g/mol. The second-order valence-electron chi connectivity index (χ2n) is 7.46. The number of carbonyl (C=O) groups excluding carboxylic acids is 1. The van der Waals surface area contributed by atoms with Crippen molar-refractivity contribution in [3.05, 3.63) is 93.9 Å². The van der Waals surface area contributed by atoms with Gasteiger partial charge in [0.2, 0.25) is 5.91 Å². The van der Waals surface area contributed by atoms with Crippen molar-refractivity contribution in [2.75, 3.05) is 0 Å². The van der Waals surface area contributed by atoms with Crippen molar-refractivity contribution in [2.24, 2.45) is 0 Å². The predicted molar refractivity (Wildman–Crippen MR) is 122 cm³/mol. The van der Waals surface area contributed by atoms with Gasteiger partial charge in [-0.1, -0.05) is 55.8 Å². The Bertz CT molecular complexity index is 1070. The molecule has 0 fully saturated rings. The molecule has 2 aromatic heterocycles. The lowest BCUT2D eigenvalue weighted by molar-refractivity contribution is -0.120. The Kier molecular flexibility index (Phi) is 6.84. The summed E-state index contributed by atoms with van der Waals surface area (Å²) in [4.78, 5) is 14.0. The van der Waals surface area contributed by atoms with E-state index in [2.05, 4.69) is 58.1 Å². The molecule has 4 aromatic rings. The number of benzene rings is 2. The van der Waals surface area contributed by atoms with Crippen LogP contribution in [0.1, 0.15) is 47.4 Å². The van der Waals surface area contributed by atoms with E-state index < -0.39 is 0 Å². The number of nitrogens with zero attached hydrogens (tertiary/aromatic N) is 4. The molecule has 1 amide bonds. The second kappa shape index (κ2) is 10.1. The third kappa shape index (κ3) is 5.44. The van der Waals surface area contributed by atoms with Crippen LogP contribution < -0.4 is 5.32 Å². The van der Waals surface area contributed by atoms with E-state index in [0.29, 0.717) is 6.42 Å². The molecular weight excluding hydrogens is 406 g/mol. The van der Waals surface area contributed by atoms with Crippen LogP contribution in [0.25, 0.3) is 5.69 Å². The summed E-state index contributed by atoms with van der Waals surface area (Å²) in [5, 5.41) is 16.4. The Morgan fingerprint density at radius 2 is 1.84 bits per heavy atom. The number of carbonyl (C=O) groups is 1. The van der Waals surface area contributed by atoms with Crippen molar-refractivity contribution in [2.45, 2.75) is 38.6 Å². The first kappa shape index (κ1) is 20.9. The average Bonchev–Trinajstić information content (AvgIpc) is 3.52. The topological polar surface area (TPSA) is 72.7 Å². The molecule has 158 valence electrons. The first-order valence-electron chi connectivity index (χ1n) is 10.5. The highest BCUT2D eigenvalue weighted by Crippen LogP contribution is 2.27. The molecule has 0 aliphatic rings. The predicted octanol–water partition coefficient (Wildman–Crippen LogP) is 4.51.